The van der Waals surface area contributed by atoms with Crippen LogP contribution in [-0.2, 0) is 6.54 Å². The van der Waals surface area contributed by atoms with E-state index in [0.29, 0.717) is 0 Å². The van der Waals surface area contributed by atoms with Gasteiger partial charge in [0.2, 0.25) is 5.89 Å². The molecular formula is C16H23N3O. The molecule has 2 N–H and O–H groups in total. The monoisotopic (exact) mass is 273 g/mol. The van der Waals surface area contributed by atoms with Crippen LogP contribution < -0.4 is 5.73 Å². The minimum Gasteiger partial charge on any atom is -0.439 e. The quantitative estimate of drug-likeness (QED) is 0.819. The van der Waals surface area contributed by atoms with E-state index in [1.165, 1.54) is 19.3 Å². The zero-order chi connectivity index (χ0) is 14.1. The number of nitrogens with zero attached hydrogens (tertiary/aromatic N) is 2. The number of aromatic nitrogens is 1. The van der Waals surface area contributed by atoms with Gasteiger partial charge in [-0.2, -0.15) is 0 Å². The summed E-state index contributed by atoms with van der Waals surface area (Å²) in [6, 6.07) is 6.36. The number of hydrogen-bond donors (Lipinski definition) is 1. The fraction of sp³-hybridized carbons (Fsp3) is 0.562. The van der Waals surface area contributed by atoms with Gasteiger partial charge in [0.25, 0.3) is 0 Å². The highest BCUT2D eigenvalue weighted by Crippen LogP contribution is 2.29. The van der Waals surface area contributed by atoms with Gasteiger partial charge in [-0.15, -0.1) is 0 Å². The number of rotatable bonds is 6. The van der Waals surface area contributed by atoms with Crippen molar-refractivity contribution in [2.45, 2.75) is 45.7 Å². The summed E-state index contributed by atoms with van der Waals surface area (Å²) in [5, 5.41) is 0. The molecule has 1 heterocycles. The molecule has 3 rings (SSSR count). The maximum absolute atomic E-state index is 5.83. The second-order valence-corrected chi connectivity index (χ2v) is 6.22. The van der Waals surface area contributed by atoms with Gasteiger partial charge in [0.05, 0.1) is 6.54 Å². The molecule has 1 fully saturated rings. The van der Waals surface area contributed by atoms with Crippen molar-refractivity contribution in [1.82, 2.24) is 9.88 Å². The van der Waals surface area contributed by atoms with E-state index in [9.17, 15) is 0 Å². The van der Waals surface area contributed by atoms with Crippen LogP contribution >= 0.6 is 0 Å². The van der Waals surface area contributed by atoms with Crippen LogP contribution in [0.3, 0.4) is 0 Å². The Hall–Kier alpha value is -1.55. The molecule has 0 radical (unpaired) electrons. The third-order valence-corrected chi connectivity index (χ3v) is 3.85. The van der Waals surface area contributed by atoms with E-state index < -0.39 is 0 Å². The van der Waals surface area contributed by atoms with Gasteiger partial charge in [0.15, 0.2) is 5.58 Å². The van der Waals surface area contributed by atoms with Crippen LogP contribution in [0.2, 0.25) is 0 Å². The number of nitrogen functional groups attached to an aromatic ring is 1. The van der Waals surface area contributed by atoms with Crippen LogP contribution in [0.4, 0.5) is 5.69 Å². The first kappa shape index (κ1) is 13.4. The lowest BCUT2D eigenvalue weighted by atomic mass is 10.1. The number of anilines is 1. The second kappa shape index (κ2) is 5.44. The minimum absolute atomic E-state index is 0.730. The summed E-state index contributed by atoms with van der Waals surface area (Å²) in [6.07, 6.45) is 3.85. The maximum atomic E-state index is 5.83. The highest BCUT2D eigenvalue weighted by atomic mass is 16.3. The molecule has 1 aliphatic carbocycles. The molecule has 0 atom stereocenters. The van der Waals surface area contributed by atoms with E-state index in [4.69, 9.17) is 10.2 Å². The molecule has 1 aromatic carbocycles. The van der Waals surface area contributed by atoms with Crippen molar-refractivity contribution in [3.8, 4) is 0 Å². The predicted octanol–water partition coefficient (Wildman–Crippen LogP) is 3.42. The van der Waals surface area contributed by atoms with Crippen molar-refractivity contribution >= 4 is 16.8 Å². The van der Waals surface area contributed by atoms with Gasteiger partial charge < -0.3 is 10.2 Å². The van der Waals surface area contributed by atoms with Gasteiger partial charge in [-0.25, -0.2) is 4.98 Å². The summed E-state index contributed by atoms with van der Waals surface area (Å²) in [7, 11) is 0. The van der Waals surface area contributed by atoms with Crippen LogP contribution in [0.25, 0.3) is 11.1 Å². The highest BCUT2D eigenvalue weighted by molar-refractivity contribution is 5.76. The van der Waals surface area contributed by atoms with Gasteiger partial charge in [-0.05, 0) is 49.9 Å². The van der Waals surface area contributed by atoms with Gasteiger partial charge in [0.1, 0.15) is 5.52 Å². The molecule has 4 nitrogen and oxygen atoms in total. The lowest BCUT2D eigenvalue weighted by Gasteiger charge is -2.21. The molecule has 0 unspecified atom stereocenters. The first-order chi connectivity index (χ1) is 9.61. The van der Waals surface area contributed by atoms with E-state index in [1.54, 1.807) is 0 Å². The molecule has 1 aromatic heterocycles. The molecule has 108 valence electrons. The third kappa shape index (κ3) is 3.12. The molecule has 20 heavy (non-hydrogen) atoms. The van der Waals surface area contributed by atoms with Crippen LogP contribution in [0.5, 0.6) is 0 Å². The van der Waals surface area contributed by atoms with Crippen molar-refractivity contribution in [3.63, 3.8) is 0 Å². The Bertz CT molecular complexity index is 586. The van der Waals surface area contributed by atoms with E-state index in [1.807, 2.05) is 18.2 Å². The molecule has 0 bridgehead atoms. The second-order valence-electron chi connectivity index (χ2n) is 6.22. The number of fused-ring (bicyclic) bond motifs is 1. The maximum Gasteiger partial charge on any atom is 0.209 e. The Morgan fingerprint density at radius 3 is 2.90 bits per heavy atom. The average molecular weight is 273 g/mol. The fourth-order valence-corrected chi connectivity index (χ4v) is 2.49. The number of nitrogens with two attached hydrogens (primary N) is 1. The lowest BCUT2D eigenvalue weighted by Crippen LogP contribution is -2.27. The zero-order valence-electron chi connectivity index (χ0n) is 12.3. The minimum atomic E-state index is 0.730. The summed E-state index contributed by atoms with van der Waals surface area (Å²) >= 11 is 0. The molecule has 2 aromatic rings. The van der Waals surface area contributed by atoms with E-state index in [0.717, 1.165) is 47.7 Å². The van der Waals surface area contributed by atoms with E-state index >= 15 is 0 Å². The summed E-state index contributed by atoms with van der Waals surface area (Å²) in [6.45, 7) is 6.48. The van der Waals surface area contributed by atoms with Gasteiger partial charge in [0, 0.05) is 11.7 Å². The number of benzene rings is 1. The highest BCUT2D eigenvalue weighted by Gasteiger charge is 2.29. The smallest absolute Gasteiger partial charge is 0.209 e. The first-order valence-electron chi connectivity index (χ1n) is 7.51. The number of oxazole rings is 1. The normalized spacial score (nSPS) is 15.6. The molecule has 0 aliphatic heterocycles. The molecule has 0 saturated heterocycles. The Morgan fingerprint density at radius 2 is 2.20 bits per heavy atom. The van der Waals surface area contributed by atoms with Crippen LogP contribution in [-0.4, -0.2) is 22.5 Å². The van der Waals surface area contributed by atoms with Crippen molar-refractivity contribution in [2.75, 3.05) is 12.3 Å². The van der Waals surface area contributed by atoms with E-state index in [-0.39, 0.29) is 0 Å². The summed E-state index contributed by atoms with van der Waals surface area (Å²) in [5.41, 5.74) is 8.20. The van der Waals surface area contributed by atoms with E-state index in [2.05, 4.69) is 23.7 Å². The molecule has 1 saturated carbocycles. The van der Waals surface area contributed by atoms with Crippen molar-refractivity contribution in [3.05, 3.63) is 24.1 Å². The standard InChI is InChI=1S/C16H23N3O/c1-11(2)7-8-19(13-4-5-13)10-16-18-14-9-12(17)3-6-15(14)20-16/h3,6,9,11,13H,4-5,7-8,10,17H2,1-2H3. The summed E-state index contributed by atoms with van der Waals surface area (Å²) < 4.78 is 5.83. The van der Waals surface area contributed by atoms with Gasteiger partial charge in [-0.3, -0.25) is 4.90 Å². The third-order valence-electron chi connectivity index (χ3n) is 3.85. The SMILES string of the molecule is CC(C)CCN(Cc1nc2cc(N)ccc2o1)C1CC1. The Labute approximate surface area is 120 Å². The van der Waals surface area contributed by atoms with Crippen molar-refractivity contribution in [2.24, 2.45) is 5.92 Å². The Morgan fingerprint density at radius 1 is 1.40 bits per heavy atom. The lowest BCUT2D eigenvalue weighted by molar-refractivity contribution is 0.219. The summed E-state index contributed by atoms with van der Waals surface area (Å²) in [4.78, 5) is 7.07. The number of hydrogen-bond acceptors (Lipinski definition) is 4. The topological polar surface area (TPSA) is 55.3 Å². The zero-order valence-corrected chi connectivity index (χ0v) is 12.3. The molecule has 4 heteroatoms. The molecule has 1 aliphatic rings. The summed E-state index contributed by atoms with van der Waals surface area (Å²) in [5.74, 6) is 1.54. The van der Waals surface area contributed by atoms with Gasteiger partial charge >= 0.3 is 0 Å². The van der Waals surface area contributed by atoms with Crippen LogP contribution in [0.1, 0.15) is 39.0 Å². The molecule has 0 amide bonds. The fourth-order valence-electron chi connectivity index (χ4n) is 2.49. The van der Waals surface area contributed by atoms with Crippen molar-refractivity contribution in [1.29, 1.82) is 0 Å². The Balaban J connectivity index is 1.72. The largest absolute Gasteiger partial charge is 0.439 e. The predicted molar refractivity (Wildman–Crippen MR) is 81.3 cm³/mol. The van der Waals surface area contributed by atoms with Gasteiger partial charge in [-0.1, -0.05) is 13.8 Å². The average Bonchev–Trinajstić information content (AvgIpc) is 3.15. The Kier molecular flexibility index (Phi) is 3.66. The first-order valence-corrected chi connectivity index (χ1v) is 7.51. The van der Waals surface area contributed by atoms with Crippen LogP contribution in [0.15, 0.2) is 22.6 Å². The molecular weight excluding hydrogens is 250 g/mol. The van der Waals surface area contributed by atoms with Crippen molar-refractivity contribution < 1.29 is 4.42 Å². The molecule has 0 spiro atoms. The van der Waals surface area contributed by atoms with Crippen LogP contribution in [0, 0.1) is 5.92 Å².